The van der Waals surface area contributed by atoms with Crippen molar-refractivity contribution in [2.24, 2.45) is 5.73 Å². The molecule has 0 aliphatic heterocycles. The van der Waals surface area contributed by atoms with E-state index in [-0.39, 0.29) is 17.5 Å². The molecule has 0 fully saturated rings. The number of carbonyl (C=O) groups excluding carboxylic acids is 1. The Morgan fingerprint density at radius 2 is 1.95 bits per heavy atom. The van der Waals surface area contributed by atoms with E-state index in [2.05, 4.69) is 5.32 Å². The van der Waals surface area contributed by atoms with Crippen molar-refractivity contribution in [1.29, 1.82) is 0 Å². The number of rotatable bonds is 4. The van der Waals surface area contributed by atoms with Gasteiger partial charge in [0.25, 0.3) is 0 Å². The van der Waals surface area contributed by atoms with Crippen LogP contribution in [0.25, 0.3) is 0 Å². The zero-order valence-electron chi connectivity index (χ0n) is 11.6. The molecule has 2 aromatic carbocycles. The number of benzene rings is 2. The molecular weight excluding hydrogens is 271 g/mol. The van der Waals surface area contributed by atoms with Crippen LogP contribution in [0.15, 0.2) is 42.5 Å². The maximum absolute atomic E-state index is 13.2. The van der Waals surface area contributed by atoms with Crippen molar-refractivity contribution >= 4 is 11.6 Å². The number of amides is 1. The lowest BCUT2D eigenvalue weighted by atomic mass is 10.1. The monoisotopic (exact) mass is 288 g/mol. The lowest BCUT2D eigenvalue weighted by molar-refractivity contribution is -0.117. The number of nitrogens with one attached hydrogen (secondary N) is 1. The van der Waals surface area contributed by atoms with Gasteiger partial charge in [-0.3, -0.25) is 4.79 Å². The number of nitrogens with two attached hydrogens (primary N) is 1. The van der Waals surface area contributed by atoms with Gasteiger partial charge in [0.05, 0.1) is 6.04 Å². The Labute approximate surface area is 122 Å². The summed E-state index contributed by atoms with van der Waals surface area (Å²) in [5.41, 5.74) is 7.68. The second kappa shape index (κ2) is 6.37. The Morgan fingerprint density at radius 3 is 2.57 bits per heavy atom. The summed E-state index contributed by atoms with van der Waals surface area (Å²) >= 11 is 0. The van der Waals surface area contributed by atoms with Gasteiger partial charge >= 0.3 is 0 Å². The summed E-state index contributed by atoms with van der Waals surface area (Å²) in [6.45, 7) is 1.63. The molecule has 0 unspecified atom stereocenters. The third-order valence-corrected chi connectivity index (χ3v) is 3.15. The van der Waals surface area contributed by atoms with Crippen molar-refractivity contribution in [3.63, 3.8) is 0 Å². The number of carbonyl (C=O) groups is 1. The zero-order chi connectivity index (χ0) is 15.4. The molecule has 2 aromatic rings. The number of aryl methyl sites for hydroxylation is 1. The predicted molar refractivity (Wildman–Crippen MR) is 79.6 cm³/mol. The van der Waals surface area contributed by atoms with Crippen LogP contribution in [0.3, 0.4) is 0 Å². The Kier molecular flexibility index (Phi) is 4.55. The standard InChI is InChI=1S/C16H17FN2O2/c1-10-8-12(4-7-14(10)17)19-16(21)15(18)9-11-2-5-13(20)6-3-11/h2-8,15,20H,9,18H2,1H3,(H,19,21)/t15-/m0/s1. The normalized spacial score (nSPS) is 12.0. The van der Waals surface area contributed by atoms with Gasteiger partial charge in [0, 0.05) is 5.69 Å². The SMILES string of the molecule is Cc1cc(NC(=O)[C@@H](N)Cc2ccc(O)cc2)ccc1F. The lowest BCUT2D eigenvalue weighted by Gasteiger charge is -2.13. The van der Waals surface area contributed by atoms with Crippen molar-refractivity contribution in [1.82, 2.24) is 0 Å². The fourth-order valence-corrected chi connectivity index (χ4v) is 1.94. The van der Waals surface area contributed by atoms with Crippen LogP contribution in [0.2, 0.25) is 0 Å². The summed E-state index contributed by atoms with van der Waals surface area (Å²) in [6, 6.07) is 10.1. The fraction of sp³-hybridized carbons (Fsp3) is 0.188. The molecule has 4 nitrogen and oxygen atoms in total. The van der Waals surface area contributed by atoms with E-state index in [9.17, 15) is 14.3 Å². The smallest absolute Gasteiger partial charge is 0.241 e. The van der Waals surface area contributed by atoms with Crippen LogP contribution in [-0.4, -0.2) is 17.1 Å². The average molecular weight is 288 g/mol. The molecule has 2 rings (SSSR count). The van der Waals surface area contributed by atoms with Crippen LogP contribution in [0.5, 0.6) is 5.75 Å². The zero-order valence-corrected chi connectivity index (χ0v) is 11.6. The molecule has 0 aromatic heterocycles. The van der Waals surface area contributed by atoms with Crippen molar-refractivity contribution in [3.8, 4) is 5.75 Å². The van der Waals surface area contributed by atoms with Crippen LogP contribution in [0.1, 0.15) is 11.1 Å². The summed E-state index contributed by atoms with van der Waals surface area (Å²) < 4.78 is 13.2. The molecule has 0 aliphatic rings. The number of halogens is 1. The van der Waals surface area contributed by atoms with E-state index >= 15 is 0 Å². The highest BCUT2D eigenvalue weighted by Gasteiger charge is 2.14. The predicted octanol–water partition coefficient (Wildman–Crippen LogP) is 2.35. The van der Waals surface area contributed by atoms with Gasteiger partial charge < -0.3 is 16.2 Å². The van der Waals surface area contributed by atoms with E-state index in [1.54, 1.807) is 37.3 Å². The van der Waals surface area contributed by atoms with Gasteiger partial charge in [0.15, 0.2) is 0 Å². The molecule has 0 saturated carbocycles. The van der Waals surface area contributed by atoms with Crippen LogP contribution < -0.4 is 11.1 Å². The summed E-state index contributed by atoms with van der Waals surface area (Å²) in [7, 11) is 0. The first kappa shape index (κ1) is 15.0. The van der Waals surface area contributed by atoms with E-state index in [0.717, 1.165) is 5.56 Å². The molecule has 4 N–H and O–H groups in total. The molecule has 5 heteroatoms. The molecule has 0 aliphatic carbocycles. The average Bonchev–Trinajstić information content (AvgIpc) is 2.45. The molecule has 0 radical (unpaired) electrons. The Bertz CT molecular complexity index is 641. The first-order chi connectivity index (χ1) is 9.95. The maximum Gasteiger partial charge on any atom is 0.241 e. The molecule has 1 amide bonds. The Morgan fingerprint density at radius 1 is 1.29 bits per heavy atom. The van der Waals surface area contributed by atoms with E-state index in [1.165, 1.54) is 12.1 Å². The van der Waals surface area contributed by atoms with Crippen LogP contribution in [0.4, 0.5) is 10.1 Å². The molecule has 0 saturated heterocycles. The van der Waals surface area contributed by atoms with Crippen molar-refractivity contribution in [2.75, 3.05) is 5.32 Å². The Hall–Kier alpha value is -2.40. The Balaban J connectivity index is 1.98. The summed E-state index contributed by atoms with van der Waals surface area (Å²) in [6.07, 6.45) is 0.353. The molecule has 0 bridgehead atoms. The van der Waals surface area contributed by atoms with Gasteiger partial charge in [-0.25, -0.2) is 4.39 Å². The third-order valence-electron chi connectivity index (χ3n) is 3.15. The van der Waals surface area contributed by atoms with Gasteiger partial charge in [0.2, 0.25) is 5.91 Å². The summed E-state index contributed by atoms with van der Waals surface area (Å²) in [4.78, 5) is 12.0. The summed E-state index contributed by atoms with van der Waals surface area (Å²) in [5.74, 6) is -0.492. The van der Waals surface area contributed by atoms with Crippen molar-refractivity contribution in [2.45, 2.75) is 19.4 Å². The third kappa shape index (κ3) is 4.03. The van der Waals surface area contributed by atoms with Crippen molar-refractivity contribution in [3.05, 3.63) is 59.4 Å². The molecule has 0 heterocycles. The first-order valence-corrected chi connectivity index (χ1v) is 6.56. The molecule has 0 spiro atoms. The largest absolute Gasteiger partial charge is 0.508 e. The van der Waals surface area contributed by atoms with Crippen LogP contribution >= 0.6 is 0 Å². The number of anilines is 1. The minimum Gasteiger partial charge on any atom is -0.508 e. The topological polar surface area (TPSA) is 75.4 Å². The number of phenols is 1. The van der Waals surface area contributed by atoms with Crippen molar-refractivity contribution < 1.29 is 14.3 Å². The highest BCUT2D eigenvalue weighted by Crippen LogP contribution is 2.15. The highest BCUT2D eigenvalue weighted by atomic mass is 19.1. The fourth-order valence-electron chi connectivity index (χ4n) is 1.94. The minimum atomic E-state index is -0.722. The molecule has 110 valence electrons. The van der Waals surface area contributed by atoms with E-state index in [0.29, 0.717) is 17.7 Å². The van der Waals surface area contributed by atoms with Gasteiger partial charge in [-0.1, -0.05) is 12.1 Å². The number of aromatic hydroxyl groups is 1. The highest BCUT2D eigenvalue weighted by molar-refractivity contribution is 5.94. The lowest BCUT2D eigenvalue weighted by Crippen LogP contribution is -2.37. The molecule has 21 heavy (non-hydrogen) atoms. The van der Waals surface area contributed by atoms with Crippen LogP contribution in [0, 0.1) is 12.7 Å². The molecular formula is C16H17FN2O2. The first-order valence-electron chi connectivity index (χ1n) is 6.56. The number of phenolic OH excluding ortho intramolecular Hbond substituents is 1. The van der Waals surface area contributed by atoms with Gasteiger partial charge in [0.1, 0.15) is 11.6 Å². The van der Waals surface area contributed by atoms with Gasteiger partial charge in [-0.15, -0.1) is 0 Å². The number of hydrogen-bond acceptors (Lipinski definition) is 3. The van der Waals surface area contributed by atoms with E-state index < -0.39 is 6.04 Å². The van der Waals surface area contributed by atoms with Crippen LogP contribution in [-0.2, 0) is 11.2 Å². The quantitative estimate of drug-likeness (QED) is 0.808. The van der Waals surface area contributed by atoms with Gasteiger partial charge in [-0.05, 0) is 54.8 Å². The molecule has 1 atom stereocenters. The second-order valence-electron chi connectivity index (χ2n) is 4.93. The minimum absolute atomic E-state index is 0.165. The van der Waals surface area contributed by atoms with Gasteiger partial charge in [-0.2, -0.15) is 0 Å². The van der Waals surface area contributed by atoms with E-state index in [4.69, 9.17) is 5.73 Å². The summed E-state index contributed by atoms with van der Waals surface area (Å²) in [5, 5.41) is 11.9. The van der Waals surface area contributed by atoms with E-state index in [1.807, 2.05) is 0 Å². The second-order valence-corrected chi connectivity index (χ2v) is 4.93. The number of hydrogen-bond donors (Lipinski definition) is 3. The maximum atomic E-state index is 13.2.